The second-order valence-corrected chi connectivity index (χ2v) is 5.36. The van der Waals surface area contributed by atoms with Crippen molar-refractivity contribution in [2.75, 3.05) is 13.1 Å². The number of amides is 1. The van der Waals surface area contributed by atoms with Crippen LogP contribution in [-0.2, 0) is 9.59 Å². The quantitative estimate of drug-likeness (QED) is 0.868. The number of hydrogen-bond donors (Lipinski definition) is 1. The Kier molecular flexibility index (Phi) is 4.79. The molecular weight excluding hydrogens is 278 g/mol. The smallest absolute Gasteiger partial charge is 0.303 e. The van der Waals surface area contributed by atoms with Crippen molar-refractivity contribution in [3.63, 3.8) is 0 Å². The number of rotatable bonds is 4. The monoisotopic (exact) mass is 293 g/mol. The summed E-state index contributed by atoms with van der Waals surface area (Å²) in [7, 11) is 0. The van der Waals surface area contributed by atoms with E-state index in [9.17, 15) is 9.59 Å². The minimum atomic E-state index is -0.805. The summed E-state index contributed by atoms with van der Waals surface area (Å²) in [5, 5.41) is 9.40. The summed E-state index contributed by atoms with van der Waals surface area (Å²) in [4.78, 5) is 24.3. The van der Waals surface area contributed by atoms with Gasteiger partial charge in [-0.2, -0.15) is 0 Å². The molecule has 5 heteroatoms. The van der Waals surface area contributed by atoms with Gasteiger partial charge in [0.05, 0.1) is 0 Å². The number of benzene rings is 1. The minimum absolute atomic E-state index is 0.0698. The summed E-state index contributed by atoms with van der Waals surface area (Å²) in [6.07, 6.45) is 4.15. The summed E-state index contributed by atoms with van der Waals surface area (Å²) < 4.78 is 0. The van der Waals surface area contributed by atoms with Crippen molar-refractivity contribution in [2.45, 2.75) is 12.8 Å². The molecule has 1 fully saturated rings. The van der Waals surface area contributed by atoms with Gasteiger partial charge < -0.3 is 10.0 Å². The van der Waals surface area contributed by atoms with Gasteiger partial charge in [-0.25, -0.2) is 0 Å². The first kappa shape index (κ1) is 14.6. The lowest BCUT2D eigenvalue weighted by molar-refractivity contribution is -0.138. The molecule has 20 heavy (non-hydrogen) atoms. The molecule has 0 bridgehead atoms. The molecule has 1 aromatic rings. The summed E-state index contributed by atoms with van der Waals surface area (Å²) in [6, 6.07) is 7.21. The van der Waals surface area contributed by atoms with E-state index in [4.69, 9.17) is 16.7 Å². The van der Waals surface area contributed by atoms with Crippen molar-refractivity contribution in [1.82, 2.24) is 4.90 Å². The maximum atomic E-state index is 12.0. The first-order valence-electron chi connectivity index (χ1n) is 6.49. The van der Waals surface area contributed by atoms with Gasteiger partial charge in [0.25, 0.3) is 0 Å². The molecule has 1 atom stereocenters. The lowest BCUT2D eigenvalue weighted by atomic mass is 10.1. The zero-order valence-corrected chi connectivity index (χ0v) is 11.7. The molecule has 0 aromatic heterocycles. The Morgan fingerprint density at radius 2 is 2.05 bits per heavy atom. The molecule has 1 N–H and O–H groups in total. The highest BCUT2D eigenvalue weighted by Gasteiger charge is 2.26. The Morgan fingerprint density at radius 1 is 1.35 bits per heavy atom. The fourth-order valence-corrected chi connectivity index (χ4v) is 2.42. The first-order valence-corrected chi connectivity index (χ1v) is 6.87. The number of carboxylic acids is 1. The third-order valence-electron chi connectivity index (χ3n) is 3.35. The van der Waals surface area contributed by atoms with Gasteiger partial charge in [-0.15, -0.1) is 0 Å². The fraction of sp³-hybridized carbons (Fsp3) is 0.333. The average molecular weight is 294 g/mol. The molecule has 1 saturated heterocycles. The van der Waals surface area contributed by atoms with Gasteiger partial charge in [0, 0.05) is 30.6 Å². The van der Waals surface area contributed by atoms with Crippen LogP contribution >= 0.6 is 11.6 Å². The molecule has 0 aliphatic carbocycles. The number of halogens is 1. The van der Waals surface area contributed by atoms with Crippen molar-refractivity contribution in [1.29, 1.82) is 0 Å². The Bertz CT molecular complexity index is 524. The third kappa shape index (κ3) is 4.10. The zero-order chi connectivity index (χ0) is 14.5. The maximum absolute atomic E-state index is 12.0. The molecule has 1 unspecified atom stereocenters. The SMILES string of the molecule is O=C(O)CC1CCN(C(=O)C=Cc2ccc(Cl)cc2)C1. The Labute approximate surface area is 122 Å². The van der Waals surface area contributed by atoms with E-state index in [0.29, 0.717) is 18.1 Å². The van der Waals surface area contributed by atoms with E-state index >= 15 is 0 Å². The predicted molar refractivity (Wildman–Crippen MR) is 77.4 cm³/mol. The van der Waals surface area contributed by atoms with E-state index in [1.54, 1.807) is 23.1 Å². The van der Waals surface area contributed by atoms with Gasteiger partial charge in [0.1, 0.15) is 0 Å². The highest BCUT2D eigenvalue weighted by atomic mass is 35.5. The number of aliphatic carboxylic acids is 1. The summed E-state index contributed by atoms with van der Waals surface area (Å²) in [5.74, 6) is -0.811. The van der Waals surface area contributed by atoms with Gasteiger partial charge in [-0.1, -0.05) is 23.7 Å². The zero-order valence-electron chi connectivity index (χ0n) is 11.0. The summed E-state index contributed by atoms with van der Waals surface area (Å²) in [5.41, 5.74) is 0.907. The number of carboxylic acid groups (broad SMARTS) is 1. The highest BCUT2D eigenvalue weighted by molar-refractivity contribution is 6.30. The maximum Gasteiger partial charge on any atom is 0.303 e. The van der Waals surface area contributed by atoms with Crippen LogP contribution in [0.5, 0.6) is 0 Å². The van der Waals surface area contributed by atoms with E-state index in [1.165, 1.54) is 6.08 Å². The molecule has 0 spiro atoms. The fourth-order valence-electron chi connectivity index (χ4n) is 2.29. The van der Waals surface area contributed by atoms with Crippen molar-refractivity contribution >= 4 is 29.6 Å². The minimum Gasteiger partial charge on any atom is -0.481 e. The van der Waals surface area contributed by atoms with E-state index in [0.717, 1.165) is 12.0 Å². The van der Waals surface area contributed by atoms with Crippen molar-refractivity contribution in [2.24, 2.45) is 5.92 Å². The second-order valence-electron chi connectivity index (χ2n) is 4.92. The summed E-state index contributed by atoms with van der Waals surface area (Å²) >= 11 is 5.79. The van der Waals surface area contributed by atoms with E-state index in [-0.39, 0.29) is 18.2 Å². The van der Waals surface area contributed by atoms with Crippen LogP contribution in [0.4, 0.5) is 0 Å². The number of likely N-dealkylation sites (tertiary alicyclic amines) is 1. The Hall–Kier alpha value is -1.81. The average Bonchev–Trinajstić information content (AvgIpc) is 2.85. The molecule has 1 amide bonds. The van der Waals surface area contributed by atoms with Crippen LogP contribution in [0.25, 0.3) is 6.08 Å². The van der Waals surface area contributed by atoms with E-state index < -0.39 is 5.97 Å². The molecule has 1 aromatic carbocycles. The van der Waals surface area contributed by atoms with Crippen molar-refractivity contribution < 1.29 is 14.7 Å². The van der Waals surface area contributed by atoms with Crippen LogP contribution in [0.15, 0.2) is 30.3 Å². The van der Waals surface area contributed by atoms with Gasteiger partial charge >= 0.3 is 5.97 Å². The van der Waals surface area contributed by atoms with Gasteiger partial charge in [-0.3, -0.25) is 9.59 Å². The van der Waals surface area contributed by atoms with Crippen LogP contribution < -0.4 is 0 Å². The van der Waals surface area contributed by atoms with Gasteiger partial charge in [-0.05, 0) is 36.1 Å². The predicted octanol–water partition coefficient (Wildman–Crippen LogP) is 2.68. The third-order valence-corrected chi connectivity index (χ3v) is 3.60. The Morgan fingerprint density at radius 3 is 2.70 bits per heavy atom. The molecule has 1 aliphatic heterocycles. The van der Waals surface area contributed by atoms with Crippen LogP contribution in [0.3, 0.4) is 0 Å². The van der Waals surface area contributed by atoms with Crippen LogP contribution in [-0.4, -0.2) is 35.0 Å². The van der Waals surface area contributed by atoms with Gasteiger partial charge in [0.2, 0.25) is 5.91 Å². The molecule has 0 radical (unpaired) electrons. The normalized spacial score (nSPS) is 18.6. The molecule has 106 valence electrons. The van der Waals surface area contributed by atoms with E-state index in [1.807, 2.05) is 12.1 Å². The number of carbonyl (C=O) groups excluding carboxylic acids is 1. The molecule has 2 rings (SSSR count). The summed E-state index contributed by atoms with van der Waals surface area (Å²) in [6.45, 7) is 1.15. The molecule has 4 nitrogen and oxygen atoms in total. The lowest BCUT2D eigenvalue weighted by Gasteiger charge is -2.13. The Balaban J connectivity index is 1.89. The highest BCUT2D eigenvalue weighted by Crippen LogP contribution is 2.20. The first-order chi connectivity index (χ1) is 9.54. The standard InChI is InChI=1S/C15H16ClNO3/c16-13-4-1-11(2-5-13)3-6-14(18)17-8-7-12(10-17)9-15(19)20/h1-6,12H,7-10H2,(H,19,20). The lowest BCUT2D eigenvalue weighted by Crippen LogP contribution is -2.27. The van der Waals surface area contributed by atoms with Crippen LogP contribution in [0.2, 0.25) is 5.02 Å². The molecular formula is C15H16ClNO3. The van der Waals surface area contributed by atoms with E-state index in [2.05, 4.69) is 0 Å². The van der Waals surface area contributed by atoms with Crippen LogP contribution in [0, 0.1) is 5.92 Å². The molecule has 1 heterocycles. The molecule has 1 aliphatic rings. The van der Waals surface area contributed by atoms with Crippen molar-refractivity contribution in [3.05, 3.63) is 40.9 Å². The van der Waals surface area contributed by atoms with Crippen LogP contribution in [0.1, 0.15) is 18.4 Å². The number of hydrogen-bond acceptors (Lipinski definition) is 2. The molecule has 0 saturated carbocycles. The topological polar surface area (TPSA) is 57.6 Å². The van der Waals surface area contributed by atoms with Crippen molar-refractivity contribution in [3.8, 4) is 0 Å². The largest absolute Gasteiger partial charge is 0.481 e. The second kappa shape index (κ2) is 6.57. The van der Waals surface area contributed by atoms with Gasteiger partial charge in [0.15, 0.2) is 0 Å². The number of carbonyl (C=O) groups is 2. The number of nitrogens with zero attached hydrogens (tertiary/aromatic N) is 1.